The van der Waals surface area contributed by atoms with Gasteiger partial charge in [0.05, 0.1) is 5.60 Å². The van der Waals surface area contributed by atoms with Crippen LogP contribution in [-0.2, 0) is 4.74 Å². The average Bonchev–Trinajstić information content (AvgIpc) is 1.84. The van der Waals surface area contributed by atoms with E-state index >= 15 is 0 Å². The highest BCUT2D eigenvalue weighted by Gasteiger charge is 2.38. The van der Waals surface area contributed by atoms with Gasteiger partial charge in [-0.05, 0) is 20.8 Å². The fraction of sp³-hybridized carbons (Fsp3) is 1.00. The molecule has 0 heterocycles. The normalized spacial score (nSPS) is 18.6. The number of hydrogen-bond acceptors (Lipinski definition) is 3. The third kappa shape index (κ3) is 1.68. The molecule has 0 aromatic rings. The molecule has 3 N–H and O–H groups in total. The first-order valence-electron chi connectivity index (χ1n) is 3.35. The topological polar surface area (TPSA) is 55.5 Å². The van der Waals surface area contributed by atoms with Gasteiger partial charge in [-0.15, -0.1) is 0 Å². The van der Waals surface area contributed by atoms with E-state index in [0.29, 0.717) is 6.54 Å². The molecule has 1 unspecified atom stereocenters. The van der Waals surface area contributed by atoms with Crippen molar-refractivity contribution >= 4 is 0 Å². The molecule has 3 nitrogen and oxygen atoms in total. The van der Waals surface area contributed by atoms with Crippen LogP contribution in [0.25, 0.3) is 0 Å². The Bertz CT molecular complexity index is 103. The van der Waals surface area contributed by atoms with E-state index in [-0.39, 0.29) is 0 Å². The second-order valence-corrected chi connectivity index (χ2v) is 3.20. The summed E-state index contributed by atoms with van der Waals surface area (Å²) in [5.41, 5.74) is 3.88. The summed E-state index contributed by atoms with van der Waals surface area (Å²) in [6, 6.07) is 0. The summed E-state index contributed by atoms with van der Waals surface area (Å²) in [5.74, 6) is 0. The number of rotatable bonds is 3. The maximum absolute atomic E-state index is 9.53. The summed E-state index contributed by atoms with van der Waals surface area (Å²) < 4.78 is 5.08. The van der Waals surface area contributed by atoms with Gasteiger partial charge in [-0.3, -0.25) is 0 Å². The minimum Gasteiger partial charge on any atom is -0.387 e. The van der Waals surface area contributed by atoms with Gasteiger partial charge in [-0.1, -0.05) is 0 Å². The molecule has 0 aromatic heterocycles. The lowest BCUT2D eigenvalue weighted by Crippen LogP contribution is -2.54. The fourth-order valence-corrected chi connectivity index (χ4v) is 0.583. The lowest BCUT2D eigenvalue weighted by molar-refractivity contribution is -0.134. The van der Waals surface area contributed by atoms with Crippen molar-refractivity contribution < 1.29 is 9.84 Å². The van der Waals surface area contributed by atoms with Gasteiger partial charge in [0.1, 0.15) is 5.60 Å². The van der Waals surface area contributed by atoms with Crippen LogP contribution in [0.4, 0.5) is 0 Å². The molecule has 0 aliphatic heterocycles. The van der Waals surface area contributed by atoms with Crippen LogP contribution in [0.5, 0.6) is 0 Å². The number of hydrogen-bond donors (Lipinski definition) is 2. The van der Waals surface area contributed by atoms with E-state index in [4.69, 9.17) is 10.5 Å². The zero-order chi connectivity index (χ0) is 8.41. The van der Waals surface area contributed by atoms with Crippen LogP contribution in [0.2, 0.25) is 0 Å². The zero-order valence-electron chi connectivity index (χ0n) is 7.14. The molecule has 0 radical (unpaired) electrons. The summed E-state index contributed by atoms with van der Waals surface area (Å²) in [6.45, 7) is 5.46. The van der Waals surface area contributed by atoms with Crippen LogP contribution < -0.4 is 5.73 Å². The molecular formula is C7H17NO2. The molecule has 0 aliphatic carbocycles. The third-order valence-electron chi connectivity index (χ3n) is 2.13. The summed E-state index contributed by atoms with van der Waals surface area (Å²) in [4.78, 5) is 0. The van der Waals surface area contributed by atoms with Crippen molar-refractivity contribution in [2.45, 2.75) is 32.0 Å². The molecule has 0 aromatic carbocycles. The fourth-order valence-electron chi connectivity index (χ4n) is 0.583. The Morgan fingerprint density at radius 3 is 1.80 bits per heavy atom. The summed E-state index contributed by atoms with van der Waals surface area (Å²) in [5, 5.41) is 9.53. The molecule has 0 spiro atoms. The predicted molar refractivity (Wildman–Crippen MR) is 40.8 cm³/mol. The van der Waals surface area contributed by atoms with Crippen LogP contribution >= 0.6 is 0 Å². The quantitative estimate of drug-likeness (QED) is 0.596. The van der Waals surface area contributed by atoms with Crippen LogP contribution in [0.3, 0.4) is 0 Å². The van der Waals surface area contributed by atoms with Gasteiger partial charge in [-0.25, -0.2) is 0 Å². The molecule has 62 valence electrons. The van der Waals surface area contributed by atoms with Gasteiger partial charge in [0, 0.05) is 13.7 Å². The van der Waals surface area contributed by atoms with E-state index < -0.39 is 11.2 Å². The standard InChI is InChI=1S/C7H17NO2/c1-6(2,9)7(3,5-8)10-4/h9H,5,8H2,1-4H3. The van der Waals surface area contributed by atoms with Crippen molar-refractivity contribution in [1.29, 1.82) is 0 Å². The van der Waals surface area contributed by atoms with Crippen LogP contribution in [0, 0.1) is 0 Å². The monoisotopic (exact) mass is 147 g/mol. The molecule has 0 amide bonds. The van der Waals surface area contributed by atoms with E-state index in [9.17, 15) is 5.11 Å². The van der Waals surface area contributed by atoms with Gasteiger partial charge >= 0.3 is 0 Å². The van der Waals surface area contributed by atoms with Crippen LogP contribution in [0.15, 0.2) is 0 Å². The zero-order valence-corrected chi connectivity index (χ0v) is 7.14. The molecule has 3 heteroatoms. The Morgan fingerprint density at radius 2 is 1.80 bits per heavy atom. The maximum Gasteiger partial charge on any atom is 0.105 e. The first kappa shape index (κ1) is 9.88. The number of methoxy groups -OCH3 is 1. The minimum atomic E-state index is -0.892. The number of ether oxygens (including phenoxy) is 1. The van der Waals surface area contributed by atoms with E-state index in [0.717, 1.165) is 0 Å². The summed E-state index contributed by atoms with van der Waals surface area (Å²) >= 11 is 0. The SMILES string of the molecule is COC(C)(CN)C(C)(C)O. The van der Waals surface area contributed by atoms with Crippen LogP contribution in [-0.4, -0.2) is 30.0 Å². The molecule has 10 heavy (non-hydrogen) atoms. The lowest BCUT2D eigenvalue weighted by atomic mass is 9.88. The molecule has 0 aliphatic rings. The molecule has 0 fully saturated rings. The Kier molecular flexibility index (Phi) is 2.83. The third-order valence-corrected chi connectivity index (χ3v) is 2.13. The van der Waals surface area contributed by atoms with Crippen molar-refractivity contribution in [3.63, 3.8) is 0 Å². The van der Waals surface area contributed by atoms with E-state index in [1.54, 1.807) is 27.9 Å². The van der Waals surface area contributed by atoms with Crippen LogP contribution in [0.1, 0.15) is 20.8 Å². The molecule has 0 rings (SSSR count). The van der Waals surface area contributed by atoms with Crippen molar-refractivity contribution in [3.05, 3.63) is 0 Å². The molecular weight excluding hydrogens is 130 g/mol. The molecule has 0 saturated heterocycles. The average molecular weight is 147 g/mol. The maximum atomic E-state index is 9.53. The van der Waals surface area contributed by atoms with Crippen molar-refractivity contribution in [1.82, 2.24) is 0 Å². The predicted octanol–water partition coefficient (Wildman–Crippen LogP) is 0.121. The summed E-state index contributed by atoms with van der Waals surface area (Å²) in [7, 11) is 1.55. The largest absolute Gasteiger partial charge is 0.387 e. The van der Waals surface area contributed by atoms with Crippen molar-refractivity contribution in [2.24, 2.45) is 5.73 Å². The Labute approximate surface area is 62.2 Å². The van der Waals surface area contributed by atoms with Crippen molar-refractivity contribution in [2.75, 3.05) is 13.7 Å². The lowest BCUT2D eigenvalue weighted by Gasteiger charge is -2.37. The first-order valence-corrected chi connectivity index (χ1v) is 3.35. The highest BCUT2D eigenvalue weighted by atomic mass is 16.5. The van der Waals surface area contributed by atoms with Gasteiger partial charge < -0.3 is 15.6 Å². The second-order valence-electron chi connectivity index (χ2n) is 3.20. The highest BCUT2D eigenvalue weighted by Crippen LogP contribution is 2.23. The Balaban J connectivity index is 4.33. The summed E-state index contributed by atoms with van der Waals surface area (Å²) in [6.07, 6.45) is 0. The Hall–Kier alpha value is -0.120. The van der Waals surface area contributed by atoms with E-state index in [1.807, 2.05) is 0 Å². The Morgan fingerprint density at radius 1 is 1.40 bits per heavy atom. The van der Waals surface area contributed by atoms with Crippen molar-refractivity contribution in [3.8, 4) is 0 Å². The minimum absolute atomic E-state index is 0.312. The van der Waals surface area contributed by atoms with E-state index in [1.165, 1.54) is 0 Å². The van der Waals surface area contributed by atoms with Gasteiger partial charge in [-0.2, -0.15) is 0 Å². The highest BCUT2D eigenvalue weighted by molar-refractivity contribution is 4.91. The molecule has 0 saturated carbocycles. The van der Waals surface area contributed by atoms with Gasteiger partial charge in [0.2, 0.25) is 0 Å². The first-order chi connectivity index (χ1) is 4.37. The molecule has 0 bridgehead atoms. The van der Waals surface area contributed by atoms with E-state index in [2.05, 4.69) is 0 Å². The molecule has 1 atom stereocenters. The number of nitrogens with two attached hydrogens (primary N) is 1. The second kappa shape index (κ2) is 2.86. The number of aliphatic hydroxyl groups is 1. The van der Waals surface area contributed by atoms with Gasteiger partial charge in [0.15, 0.2) is 0 Å². The van der Waals surface area contributed by atoms with Gasteiger partial charge in [0.25, 0.3) is 0 Å². The smallest absolute Gasteiger partial charge is 0.105 e.